The molecule has 322 valence electrons. The highest BCUT2D eigenvalue weighted by Crippen LogP contribution is 2.85. The Labute approximate surface area is 414 Å². The van der Waals surface area contributed by atoms with Gasteiger partial charge >= 0.3 is 0 Å². The second-order valence-corrected chi connectivity index (χ2v) is 27.6. The van der Waals surface area contributed by atoms with Gasteiger partial charge < -0.3 is 0 Å². The summed E-state index contributed by atoms with van der Waals surface area (Å²) in [7, 11) is 0. The Morgan fingerprint density at radius 3 is 0.605 bits per heavy atom. The van der Waals surface area contributed by atoms with Crippen LogP contribution in [-0.4, -0.2) is 47.8 Å². The summed E-state index contributed by atoms with van der Waals surface area (Å²) in [5.74, 6) is -0.267. The average molecular weight is 937 g/mol. The number of nitrogens with zero attached hydrogens (tertiary/aromatic N) is 2. The Bertz CT molecular complexity index is 7140. The van der Waals surface area contributed by atoms with Gasteiger partial charge in [-0.2, -0.15) is 0 Å². The lowest BCUT2D eigenvalue weighted by Gasteiger charge is -2.49. The van der Waals surface area contributed by atoms with Crippen molar-refractivity contribution in [2.24, 2.45) is 0 Å². The first kappa shape index (κ1) is 29.0. The summed E-state index contributed by atoms with van der Waals surface area (Å²) in [6, 6.07) is 7.50. The van der Waals surface area contributed by atoms with Crippen LogP contribution in [-0.2, 0) is 10.8 Å². The minimum absolute atomic E-state index is 0.134. The molecule has 0 aromatic heterocycles. The fourth-order valence-corrected chi connectivity index (χ4v) is 26.7. The smallest absolute Gasteiger partial charge is 0.261 e. The van der Waals surface area contributed by atoms with Crippen LogP contribution in [0.1, 0.15) is 43.0 Å². The number of hydrogen-bond acceptors (Lipinski definition) is 3. The number of carbonyl (C=O) groups is 2. The van der Waals surface area contributed by atoms with E-state index in [0.29, 0.717) is 24.2 Å². The van der Waals surface area contributed by atoms with Crippen LogP contribution in [0.5, 0.6) is 0 Å². The van der Waals surface area contributed by atoms with Gasteiger partial charge in [0, 0.05) is 26.2 Å². The third kappa shape index (κ3) is 1.60. The molecule has 2 heterocycles. The number of benzene rings is 19. The minimum Gasteiger partial charge on any atom is -0.299 e. The van der Waals surface area contributed by atoms with Gasteiger partial charge in [0.25, 0.3) is 11.8 Å². The predicted octanol–water partition coefficient (Wildman–Crippen LogP) is 16.9. The van der Waals surface area contributed by atoms with Crippen molar-refractivity contribution < 1.29 is 9.59 Å². The molecule has 0 unspecified atom stereocenters. The van der Waals surface area contributed by atoms with Gasteiger partial charge in [-0.25, -0.2) is 0 Å². The van der Waals surface area contributed by atoms with E-state index >= 15 is 0 Å². The van der Waals surface area contributed by atoms with E-state index in [-0.39, 0.29) is 22.6 Å². The van der Waals surface area contributed by atoms with E-state index < -0.39 is 0 Å². The molecule has 29 aromatic carbocycles. The SMILES string of the molecule is O=C1c2ccccc2C(=O)N1CCN1CC23c4c5c6c7c8c9c(c%10c%11c2c2c4c4c%12c5c5c6c6c8c8c%13c9c9c%10c%10c%11c%11c2c2c4c4c%12c%12c5c5c6c8c6c8c%13c9c9c%10c%10c%11c2c2c4c4c%12c5c6c5c8c9c%10c2c45)C73C1. The van der Waals surface area contributed by atoms with Crippen molar-refractivity contribution in [2.75, 3.05) is 26.2 Å². The minimum atomic E-state index is -0.347. The lowest BCUT2D eigenvalue weighted by molar-refractivity contribution is 0.0640. The first-order valence-electron chi connectivity index (χ1n) is 28.2. The lowest BCUT2D eigenvalue weighted by atomic mass is 9.50. The van der Waals surface area contributed by atoms with Gasteiger partial charge in [0.1, 0.15) is 0 Å². The van der Waals surface area contributed by atoms with E-state index in [0.717, 1.165) is 13.1 Å². The van der Waals surface area contributed by atoms with Crippen molar-refractivity contribution in [3.8, 4) is 0 Å². The maximum atomic E-state index is 14.3. The molecule has 4 aliphatic carbocycles. The summed E-state index contributed by atoms with van der Waals surface area (Å²) in [4.78, 5) is 33.0. The Morgan fingerprint density at radius 1 is 0.250 bits per heavy atom. The summed E-state index contributed by atoms with van der Waals surface area (Å²) < 4.78 is 0. The molecular weight excluding hydrogens is 925 g/mol. The molecule has 2 spiro atoms. The molecule has 1 fully saturated rings. The van der Waals surface area contributed by atoms with Crippen LogP contribution in [0, 0.1) is 0 Å². The van der Waals surface area contributed by atoms with Crippen LogP contribution in [0.4, 0.5) is 0 Å². The molecule has 0 atom stereocenters. The summed E-state index contributed by atoms with van der Waals surface area (Å²) in [5.41, 5.74) is 7.16. The Hall–Kier alpha value is -9.22. The third-order valence-corrected chi connectivity index (χ3v) is 27.1. The molecule has 2 aliphatic heterocycles. The van der Waals surface area contributed by atoms with Gasteiger partial charge in [-0.3, -0.25) is 19.4 Å². The van der Waals surface area contributed by atoms with Gasteiger partial charge in [-0.05, 0) is 325 Å². The molecule has 2 amide bonds. The maximum absolute atomic E-state index is 14.3. The molecular formula is C72H12N2O2. The van der Waals surface area contributed by atoms with E-state index in [4.69, 9.17) is 0 Å². The first-order chi connectivity index (χ1) is 37.7. The lowest BCUT2D eigenvalue weighted by Crippen LogP contribution is -2.51. The molecule has 4 nitrogen and oxygen atoms in total. The monoisotopic (exact) mass is 936 g/mol. The molecule has 76 heavy (non-hydrogen) atoms. The number of carbonyl (C=O) groups excluding carboxylic acids is 2. The van der Waals surface area contributed by atoms with E-state index in [2.05, 4.69) is 4.90 Å². The molecule has 4 heteroatoms. The summed E-state index contributed by atoms with van der Waals surface area (Å²) in [6.45, 7) is 2.85. The van der Waals surface area contributed by atoms with Crippen molar-refractivity contribution in [3.05, 3.63) is 57.6 Å². The Balaban J connectivity index is 0.977. The number of likely N-dealkylation sites (tertiary alicyclic amines) is 1. The fourth-order valence-electron chi connectivity index (χ4n) is 26.7. The standard InChI is InChI=1S/C72H12N2O2/c75-69-9-3-1-2-4-10(9)70(76)74(69)6-5-73-7-71-65-57-49-39-29-21-13-11-12-15-19-17(13)25-33-27(19)37-31-23(15)24-16(12)20-18-14(11)22(21)30-36-26(18)34-28(20)38-32(24)42-41(31)51-45(37)55-47(33)53(43(49)35(25)29)61(65)63(55)67-59(51)60-52(42)46(38)56-48(34)54-44(36)50(40(30)39)58(57)66(71)62(54)64(56)68(60)72(67,71)8-73/h1-4H,5-8H2. The van der Waals surface area contributed by atoms with Crippen LogP contribution in [0.3, 0.4) is 0 Å². The van der Waals surface area contributed by atoms with E-state index in [1.165, 1.54) is 0 Å². The van der Waals surface area contributed by atoms with Crippen LogP contribution >= 0.6 is 0 Å². The summed E-state index contributed by atoms with van der Waals surface area (Å²) in [6.07, 6.45) is 0. The third-order valence-electron chi connectivity index (χ3n) is 27.1. The number of amides is 2. The normalized spacial score (nSPS) is 22.8. The van der Waals surface area contributed by atoms with Crippen molar-refractivity contribution in [2.45, 2.75) is 10.8 Å². The Kier molecular flexibility index (Phi) is 2.56. The highest BCUT2D eigenvalue weighted by molar-refractivity contribution is 6.82. The number of imide groups is 1. The van der Waals surface area contributed by atoms with Gasteiger partial charge in [0.15, 0.2) is 0 Å². The highest BCUT2D eigenvalue weighted by atomic mass is 16.2. The molecule has 0 radical (unpaired) electrons. The van der Waals surface area contributed by atoms with Gasteiger partial charge in [-0.15, -0.1) is 0 Å². The zero-order valence-electron chi connectivity index (χ0n) is 38.8. The molecule has 0 N–H and O–H groups in total. The van der Waals surface area contributed by atoms with Crippen LogP contribution in [0.25, 0.3) is 291 Å². The van der Waals surface area contributed by atoms with Crippen molar-refractivity contribution in [1.29, 1.82) is 0 Å². The summed E-state index contributed by atoms with van der Waals surface area (Å²) >= 11 is 0. The highest BCUT2D eigenvalue weighted by Gasteiger charge is 2.73. The van der Waals surface area contributed by atoms with Crippen molar-refractivity contribution >= 4 is 303 Å². The topological polar surface area (TPSA) is 40.6 Å². The van der Waals surface area contributed by atoms with Crippen LogP contribution in [0.15, 0.2) is 24.3 Å². The largest absolute Gasteiger partial charge is 0.299 e. The second-order valence-electron chi connectivity index (χ2n) is 27.6. The zero-order chi connectivity index (χ0) is 45.6. The first-order valence-corrected chi connectivity index (χ1v) is 28.2. The van der Waals surface area contributed by atoms with E-state index in [9.17, 15) is 9.59 Å². The zero-order valence-corrected chi connectivity index (χ0v) is 38.8. The molecule has 35 rings (SSSR count). The Morgan fingerprint density at radius 2 is 0.421 bits per heavy atom. The number of rotatable bonds is 3. The maximum Gasteiger partial charge on any atom is 0.261 e. The van der Waals surface area contributed by atoms with Crippen molar-refractivity contribution in [1.82, 2.24) is 9.80 Å². The fraction of sp³-hybridized carbons (Fsp3) is 0.0833. The molecule has 6 aliphatic rings. The number of fused-ring (bicyclic) bond motifs is 1. The number of hydrogen-bond donors (Lipinski definition) is 0. The predicted molar refractivity (Wildman–Crippen MR) is 312 cm³/mol. The molecule has 0 bridgehead atoms. The van der Waals surface area contributed by atoms with Crippen LogP contribution in [0.2, 0.25) is 0 Å². The van der Waals surface area contributed by atoms with E-state index in [1.807, 2.05) is 24.3 Å². The van der Waals surface area contributed by atoms with Crippen molar-refractivity contribution in [3.63, 3.8) is 0 Å². The van der Waals surface area contributed by atoms with Crippen LogP contribution < -0.4 is 0 Å². The van der Waals surface area contributed by atoms with E-state index in [1.54, 1.807) is 318 Å². The quantitative estimate of drug-likeness (QED) is 0.131. The second kappa shape index (κ2) is 6.71. The van der Waals surface area contributed by atoms with Gasteiger partial charge in [-0.1, -0.05) is 12.1 Å². The van der Waals surface area contributed by atoms with Gasteiger partial charge in [0.05, 0.1) is 22.0 Å². The average Bonchev–Trinajstić information content (AvgIpc) is 2.10. The molecule has 0 saturated carbocycles. The molecule has 1 saturated heterocycles. The molecule has 29 aromatic rings. The summed E-state index contributed by atoms with van der Waals surface area (Å²) in [5, 5.41) is 87.6. The van der Waals surface area contributed by atoms with Gasteiger partial charge in [0.2, 0.25) is 0 Å².